The minimum Gasteiger partial charge on any atom is -0.304 e. The largest absolute Gasteiger partial charge is 0.304 e. The fraction of sp³-hybridized carbons (Fsp3) is 0.0588. The number of thiophene rings is 1. The van der Waals surface area contributed by atoms with Gasteiger partial charge in [-0.15, -0.1) is 11.3 Å². The first-order valence-corrected chi connectivity index (χ1v) is 9.21. The second kappa shape index (κ2) is 5.88. The van der Waals surface area contributed by atoms with E-state index in [0.29, 0.717) is 10.4 Å². The van der Waals surface area contributed by atoms with Crippen LogP contribution in [0.1, 0.15) is 10.4 Å². The molecule has 3 rings (SSSR count). The number of hydrogen-bond donors (Lipinski definition) is 1. The number of halogens is 1. The van der Waals surface area contributed by atoms with Crippen molar-refractivity contribution >= 4 is 21.2 Å². The van der Waals surface area contributed by atoms with Crippen LogP contribution in [0, 0.1) is 5.82 Å². The molecule has 3 aromatic rings. The van der Waals surface area contributed by atoms with E-state index >= 15 is 0 Å². The number of sulfone groups is 1. The molecule has 0 saturated heterocycles. The molecule has 2 N–H and O–H groups in total. The zero-order valence-corrected chi connectivity index (χ0v) is 13.6. The van der Waals surface area contributed by atoms with Crippen LogP contribution >= 0.6 is 11.3 Å². The molecule has 0 aliphatic heterocycles. The Hall–Kier alpha value is -2.02. The lowest BCUT2D eigenvalue weighted by Crippen LogP contribution is -2.45. The molecule has 0 aliphatic rings. The number of hydrogen-bond acceptors (Lipinski definition) is 4. The maximum absolute atomic E-state index is 13.2. The molecule has 0 bridgehead atoms. The van der Waals surface area contributed by atoms with Gasteiger partial charge in [0.05, 0.1) is 4.90 Å². The molecule has 1 atom stereocenters. The van der Waals surface area contributed by atoms with E-state index in [4.69, 9.17) is 5.73 Å². The number of benzene rings is 2. The Bertz CT molecular complexity index is 892. The van der Waals surface area contributed by atoms with Crippen molar-refractivity contribution in [2.24, 2.45) is 5.73 Å². The molecule has 0 radical (unpaired) electrons. The van der Waals surface area contributed by atoms with Crippen LogP contribution in [-0.4, -0.2) is 8.42 Å². The first-order valence-electron chi connectivity index (χ1n) is 6.85. The topological polar surface area (TPSA) is 60.2 Å². The summed E-state index contributed by atoms with van der Waals surface area (Å²) in [5, 5.41) is 1.76. The van der Waals surface area contributed by atoms with Crippen LogP contribution in [0.4, 0.5) is 4.39 Å². The average molecular weight is 347 g/mol. The summed E-state index contributed by atoms with van der Waals surface area (Å²) in [5.74, 6) is -0.445. The molecule has 1 heterocycles. The molecular formula is C17H14FNO2S2. The van der Waals surface area contributed by atoms with Crippen molar-refractivity contribution < 1.29 is 12.8 Å². The van der Waals surface area contributed by atoms with Gasteiger partial charge >= 0.3 is 0 Å². The van der Waals surface area contributed by atoms with Gasteiger partial charge in [0.15, 0.2) is 4.87 Å². The highest BCUT2D eigenvalue weighted by Gasteiger charge is 2.45. The molecule has 3 nitrogen and oxygen atoms in total. The van der Waals surface area contributed by atoms with Crippen molar-refractivity contribution in [3.05, 3.63) is 88.4 Å². The van der Waals surface area contributed by atoms with E-state index in [-0.39, 0.29) is 4.90 Å². The Morgan fingerprint density at radius 1 is 0.913 bits per heavy atom. The molecule has 1 aromatic heterocycles. The van der Waals surface area contributed by atoms with Crippen LogP contribution in [0.25, 0.3) is 0 Å². The molecule has 23 heavy (non-hydrogen) atoms. The summed E-state index contributed by atoms with van der Waals surface area (Å²) in [5.41, 5.74) is 6.77. The maximum atomic E-state index is 13.2. The smallest absolute Gasteiger partial charge is 0.206 e. The van der Waals surface area contributed by atoms with Crippen LogP contribution in [-0.2, 0) is 14.7 Å². The highest BCUT2D eigenvalue weighted by molar-refractivity contribution is 7.92. The van der Waals surface area contributed by atoms with Gasteiger partial charge in [0.25, 0.3) is 0 Å². The number of nitrogens with two attached hydrogens (primary N) is 1. The average Bonchev–Trinajstić information content (AvgIpc) is 3.10. The Balaban J connectivity index is 2.27. The second-order valence-corrected chi connectivity index (χ2v) is 8.11. The van der Waals surface area contributed by atoms with Crippen molar-refractivity contribution in [2.45, 2.75) is 9.77 Å². The molecule has 118 valence electrons. The predicted molar refractivity (Wildman–Crippen MR) is 89.3 cm³/mol. The summed E-state index contributed by atoms with van der Waals surface area (Å²) in [4.78, 5) is -1.16. The van der Waals surface area contributed by atoms with Gasteiger partial charge in [-0.2, -0.15) is 0 Å². The van der Waals surface area contributed by atoms with Gasteiger partial charge in [-0.1, -0.05) is 36.4 Å². The van der Waals surface area contributed by atoms with Gasteiger partial charge in [0.1, 0.15) is 5.82 Å². The Morgan fingerprint density at radius 2 is 1.57 bits per heavy atom. The third kappa shape index (κ3) is 2.59. The zero-order valence-electron chi connectivity index (χ0n) is 12.0. The van der Waals surface area contributed by atoms with E-state index in [2.05, 4.69) is 0 Å². The SMILES string of the molecule is NC(c1ccc(F)cc1)(c1cccs1)S(=O)(=O)c1ccccc1. The monoisotopic (exact) mass is 347 g/mol. The zero-order chi connectivity index (χ0) is 16.5. The number of rotatable bonds is 4. The fourth-order valence-electron chi connectivity index (χ4n) is 2.40. The molecule has 0 saturated carbocycles. The Labute approximate surface area is 138 Å². The van der Waals surface area contributed by atoms with Crippen LogP contribution in [0.5, 0.6) is 0 Å². The van der Waals surface area contributed by atoms with Gasteiger partial charge in [-0.05, 0) is 41.3 Å². The van der Waals surface area contributed by atoms with Crippen molar-refractivity contribution in [3.63, 3.8) is 0 Å². The summed E-state index contributed by atoms with van der Waals surface area (Å²) in [6.45, 7) is 0. The van der Waals surface area contributed by atoms with Crippen LogP contribution < -0.4 is 5.73 Å². The molecule has 0 fully saturated rings. The highest BCUT2D eigenvalue weighted by atomic mass is 32.2. The van der Waals surface area contributed by atoms with E-state index in [0.717, 1.165) is 0 Å². The van der Waals surface area contributed by atoms with E-state index in [1.165, 1.54) is 47.7 Å². The van der Waals surface area contributed by atoms with Crippen LogP contribution in [0.3, 0.4) is 0 Å². The summed E-state index contributed by atoms with van der Waals surface area (Å²) >= 11 is 1.25. The van der Waals surface area contributed by atoms with Gasteiger partial charge in [-0.25, -0.2) is 12.8 Å². The fourth-order valence-corrected chi connectivity index (χ4v) is 5.30. The maximum Gasteiger partial charge on any atom is 0.206 e. The molecule has 0 aliphatic carbocycles. The Kier molecular flexibility index (Phi) is 4.06. The summed E-state index contributed by atoms with van der Waals surface area (Å²) in [6.07, 6.45) is 0. The van der Waals surface area contributed by atoms with E-state index < -0.39 is 20.5 Å². The molecule has 0 amide bonds. The normalized spacial score (nSPS) is 14.3. The van der Waals surface area contributed by atoms with Crippen molar-refractivity contribution in [3.8, 4) is 0 Å². The highest BCUT2D eigenvalue weighted by Crippen LogP contribution is 2.39. The van der Waals surface area contributed by atoms with Gasteiger partial charge in [-0.3, -0.25) is 0 Å². The minimum absolute atomic E-state index is 0.125. The summed E-state index contributed by atoms with van der Waals surface area (Å²) in [6, 6.07) is 16.7. The van der Waals surface area contributed by atoms with E-state index in [9.17, 15) is 12.8 Å². The van der Waals surface area contributed by atoms with Gasteiger partial charge in [0.2, 0.25) is 9.84 Å². The van der Waals surface area contributed by atoms with Gasteiger partial charge < -0.3 is 5.73 Å². The molecular weight excluding hydrogens is 333 g/mol. The molecule has 6 heteroatoms. The molecule has 0 spiro atoms. The van der Waals surface area contributed by atoms with E-state index in [1.54, 1.807) is 35.7 Å². The predicted octanol–water partition coefficient (Wildman–Crippen LogP) is 3.52. The van der Waals surface area contributed by atoms with Crippen molar-refractivity contribution in [1.29, 1.82) is 0 Å². The van der Waals surface area contributed by atoms with Crippen molar-refractivity contribution in [1.82, 2.24) is 0 Å². The summed E-state index contributed by atoms with van der Waals surface area (Å²) in [7, 11) is -3.92. The third-order valence-corrected chi connectivity index (χ3v) is 6.97. The lowest BCUT2D eigenvalue weighted by Gasteiger charge is -2.29. The lowest BCUT2D eigenvalue weighted by atomic mass is 10.1. The first kappa shape index (κ1) is 15.9. The standard InChI is InChI=1S/C17H14FNO2S2/c18-14-10-8-13(9-11-14)17(19,16-7-4-12-22-16)23(20,21)15-5-2-1-3-6-15/h1-12H,19H2. The second-order valence-electron chi connectivity index (χ2n) is 5.04. The third-order valence-electron chi connectivity index (χ3n) is 3.64. The van der Waals surface area contributed by atoms with Gasteiger partial charge in [0, 0.05) is 4.88 Å². The summed E-state index contributed by atoms with van der Waals surface area (Å²) < 4.78 is 39.7. The van der Waals surface area contributed by atoms with Crippen molar-refractivity contribution in [2.75, 3.05) is 0 Å². The first-order chi connectivity index (χ1) is 11.0. The quantitative estimate of drug-likeness (QED) is 0.785. The lowest BCUT2D eigenvalue weighted by molar-refractivity contribution is 0.559. The minimum atomic E-state index is -3.92. The van der Waals surface area contributed by atoms with Crippen LogP contribution in [0.2, 0.25) is 0 Å². The van der Waals surface area contributed by atoms with Crippen LogP contribution in [0.15, 0.2) is 77.0 Å². The van der Waals surface area contributed by atoms with E-state index in [1.807, 2.05) is 0 Å². The molecule has 1 unspecified atom stereocenters. The molecule has 2 aromatic carbocycles. The Morgan fingerprint density at radius 3 is 2.13 bits per heavy atom.